The number of esters is 1. The van der Waals surface area contributed by atoms with Crippen LogP contribution in [0.1, 0.15) is 61.9 Å². The number of nitrogen functional groups attached to an aromatic ring is 1. The van der Waals surface area contributed by atoms with Gasteiger partial charge in [0.15, 0.2) is 0 Å². The van der Waals surface area contributed by atoms with Gasteiger partial charge >= 0.3 is 5.97 Å². The maximum Gasteiger partial charge on any atom is 0.302 e. The van der Waals surface area contributed by atoms with E-state index in [9.17, 15) is 4.79 Å². The first kappa shape index (κ1) is 25.4. The molecule has 0 radical (unpaired) electrons. The van der Waals surface area contributed by atoms with Crippen LogP contribution < -0.4 is 15.8 Å². The van der Waals surface area contributed by atoms with Crippen LogP contribution in [0.4, 0.5) is 11.8 Å². The highest BCUT2D eigenvalue weighted by Crippen LogP contribution is 2.26. The molecule has 0 saturated heterocycles. The summed E-state index contributed by atoms with van der Waals surface area (Å²) >= 11 is 0. The fraction of sp³-hybridized carbons (Fsp3) is 0.542. The molecule has 0 fully saturated rings. The Morgan fingerprint density at radius 2 is 2.00 bits per heavy atom. The molecule has 0 amide bonds. The lowest BCUT2D eigenvalue weighted by atomic mass is 9.99. The van der Waals surface area contributed by atoms with Gasteiger partial charge in [0.1, 0.15) is 11.6 Å². The Hall–Kier alpha value is -2.87. The van der Waals surface area contributed by atoms with Crippen LogP contribution in [0, 0.1) is 13.8 Å². The average molecular weight is 445 g/mol. The molecule has 0 aliphatic carbocycles. The number of aliphatic hydroxyl groups is 1. The molecule has 2 rings (SSSR count). The Bertz CT molecular complexity index is 889. The fourth-order valence-electron chi connectivity index (χ4n) is 3.53. The summed E-state index contributed by atoms with van der Waals surface area (Å²) in [5.41, 5.74) is 10.0. The van der Waals surface area contributed by atoms with Crippen molar-refractivity contribution in [1.29, 1.82) is 0 Å². The highest BCUT2D eigenvalue weighted by Gasteiger charge is 2.17. The smallest absolute Gasteiger partial charge is 0.302 e. The minimum Gasteiger partial charge on any atom is -0.493 e. The number of hydrogen-bond donors (Lipinski definition) is 3. The van der Waals surface area contributed by atoms with E-state index in [4.69, 9.17) is 20.3 Å². The zero-order valence-corrected chi connectivity index (χ0v) is 19.6. The minimum atomic E-state index is -0.276. The second kappa shape index (κ2) is 12.9. The van der Waals surface area contributed by atoms with E-state index < -0.39 is 0 Å². The van der Waals surface area contributed by atoms with Crippen molar-refractivity contribution in [2.24, 2.45) is 0 Å². The number of aliphatic hydroxyl groups excluding tert-OH is 1. The number of ether oxygens (including phenoxy) is 2. The molecule has 1 atom stereocenters. The molecule has 1 aromatic carbocycles. The van der Waals surface area contributed by atoms with Crippen LogP contribution >= 0.6 is 0 Å². The van der Waals surface area contributed by atoms with E-state index in [0.717, 1.165) is 46.8 Å². The molecule has 4 N–H and O–H groups in total. The molecule has 8 heteroatoms. The van der Waals surface area contributed by atoms with Crippen molar-refractivity contribution in [1.82, 2.24) is 9.97 Å². The zero-order valence-electron chi connectivity index (χ0n) is 19.6. The topological polar surface area (TPSA) is 120 Å². The van der Waals surface area contributed by atoms with Gasteiger partial charge in [0.2, 0.25) is 5.95 Å². The normalized spacial score (nSPS) is 11.8. The molecule has 0 saturated carbocycles. The number of nitrogens with one attached hydrogen (secondary N) is 1. The van der Waals surface area contributed by atoms with Gasteiger partial charge in [0.05, 0.1) is 13.2 Å². The summed E-state index contributed by atoms with van der Waals surface area (Å²) in [7, 11) is 0. The van der Waals surface area contributed by atoms with Crippen molar-refractivity contribution >= 4 is 17.7 Å². The lowest BCUT2D eigenvalue weighted by Crippen LogP contribution is -2.24. The van der Waals surface area contributed by atoms with Crippen LogP contribution in [0.2, 0.25) is 0 Å². The summed E-state index contributed by atoms with van der Waals surface area (Å²) in [4.78, 5) is 20.0. The van der Waals surface area contributed by atoms with Gasteiger partial charge < -0.3 is 25.6 Å². The number of anilines is 2. The van der Waals surface area contributed by atoms with Crippen molar-refractivity contribution in [3.63, 3.8) is 0 Å². The zero-order chi connectivity index (χ0) is 23.5. The Balaban J connectivity index is 2.22. The Morgan fingerprint density at radius 3 is 2.66 bits per heavy atom. The van der Waals surface area contributed by atoms with E-state index in [1.165, 1.54) is 6.92 Å². The van der Waals surface area contributed by atoms with Gasteiger partial charge in [-0.15, -0.1) is 0 Å². The number of aromatic nitrogens is 2. The Morgan fingerprint density at radius 1 is 1.22 bits per heavy atom. The van der Waals surface area contributed by atoms with Crippen LogP contribution in [0.25, 0.3) is 0 Å². The number of carbonyl (C=O) groups is 1. The third-order valence-corrected chi connectivity index (χ3v) is 5.23. The summed E-state index contributed by atoms with van der Waals surface area (Å²) in [6, 6.07) is 6.11. The Kier molecular flexibility index (Phi) is 10.2. The number of carbonyl (C=O) groups excluding carboxylic acids is 1. The van der Waals surface area contributed by atoms with Gasteiger partial charge in [-0.05, 0) is 43.5 Å². The molecule has 8 nitrogen and oxygen atoms in total. The second-order valence-electron chi connectivity index (χ2n) is 7.94. The van der Waals surface area contributed by atoms with Crippen LogP contribution in [0.15, 0.2) is 18.2 Å². The lowest BCUT2D eigenvalue weighted by Gasteiger charge is -2.22. The number of rotatable bonds is 13. The molecular weight excluding hydrogens is 408 g/mol. The number of benzene rings is 1. The molecule has 0 unspecified atom stereocenters. The van der Waals surface area contributed by atoms with Crippen LogP contribution in [-0.4, -0.2) is 46.9 Å². The van der Waals surface area contributed by atoms with Crippen molar-refractivity contribution in [2.45, 2.75) is 65.8 Å². The number of nitrogens with two attached hydrogens (primary N) is 1. The van der Waals surface area contributed by atoms with E-state index in [2.05, 4.69) is 22.2 Å². The van der Waals surface area contributed by atoms with Gasteiger partial charge in [-0.25, -0.2) is 4.98 Å². The quantitative estimate of drug-likeness (QED) is 0.317. The van der Waals surface area contributed by atoms with E-state index in [1.54, 1.807) is 0 Å². The van der Waals surface area contributed by atoms with Crippen LogP contribution in [-0.2, 0) is 16.0 Å². The average Bonchev–Trinajstić information content (AvgIpc) is 2.72. The molecule has 0 spiro atoms. The molecule has 176 valence electrons. The summed E-state index contributed by atoms with van der Waals surface area (Å²) in [6.07, 6.45) is 3.86. The van der Waals surface area contributed by atoms with E-state index >= 15 is 0 Å². The third-order valence-electron chi connectivity index (χ3n) is 5.23. The van der Waals surface area contributed by atoms with Gasteiger partial charge in [0, 0.05) is 50.1 Å². The molecule has 2 aromatic rings. The van der Waals surface area contributed by atoms with Crippen molar-refractivity contribution in [3.05, 3.63) is 40.6 Å². The first-order valence-corrected chi connectivity index (χ1v) is 11.2. The van der Waals surface area contributed by atoms with E-state index in [-0.39, 0.29) is 24.6 Å². The van der Waals surface area contributed by atoms with Crippen molar-refractivity contribution in [3.8, 4) is 5.75 Å². The van der Waals surface area contributed by atoms with Gasteiger partial charge in [0.25, 0.3) is 0 Å². The lowest BCUT2D eigenvalue weighted by molar-refractivity contribution is -0.141. The number of hydrogen-bond acceptors (Lipinski definition) is 8. The van der Waals surface area contributed by atoms with Crippen molar-refractivity contribution in [2.75, 3.05) is 30.9 Å². The second-order valence-corrected chi connectivity index (χ2v) is 7.94. The molecule has 0 bridgehead atoms. The Labute approximate surface area is 190 Å². The molecule has 1 aromatic heterocycles. The molecular formula is C24H36N4O4. The van der Waals surface area contributed by atoms with Crippen molar-refractivity contribution < 1.29 is 19.4 Å². The highest BCUT2D eigenvalue weighted by atomic mass is 16.5. The van der Waals surface area contributed by atoms with Gasteiger partial charge in [-0.1, -0.05) is 19.4 Å². The van der Waals surface area contributed by atoms with Crippen LogP contribution in [0.5, 0.6) is 5.75 Å². The molecule has 32 heavy (non-hydrogen) atoms. The van der Waals surface area contributed by atoms with E-state index in [0.29, 0.717) is 32.5 Å². The van der Waals surface area contributed by atoms with Gasteiger partial charge in [-0.2, -0.15) is 4.98 Å². The maximum atomic E-state index is 11.1. The SMILES string of the molecule is CCC[C@@H](CCOC(C)=O)Nc1nc(N)nc(C)c1Cc1ccc(OCCCO)cc1C. The van der Waals surface area contributed by atoms with E-state index in [1.807, 2.05) is 32.0 Å². The largest absolute Gasteiger partial charge is 0.493 e. The first-order valence-electron chi connectivity index (χ1n) is 11.2. The predicted molar refractivity (Wildman–Crippen MR) is 126 cm³/mol. The molecule has 0 aliphatic heterocycles. The van der Waals surface area contributed by atoms with Gasteiger partial charge in [-0.3, -0.25) is 4.79 Å². The standard InChI is InChI=1S/C24H36N4O4/c1-5-7-20(10-13-31-18(4)30)27-23-22(17(3)26-24(25)28-23)15-19-8-9-21(14-16(19)2)32-12-6-11-29/h8-9,14,20,29H,5-7,10-13,15H2,1-4H3,(H3,25,26,27,28)/t20-/m0/s1. The number of aryl methyl sites for hydroxylation is 2. The molecule has 0 aliphatic rings. The predicted octanol–water partition coefficient (Wildman–Crippen LogP) is 3.56. The first-order chi connectivity index (χ1) is 15.3. The highest BCUT2D eigenvalue weighted by molar-refractivity contribution is 5.65. The summed E-state index contributed by atoms with van der Waals surface area (Å²) in [5.74, 6) is 1.46. The summed E-state index contributed by atoms with van der Waals surface area (Å²) in [5, 5.41) is 12.4. The summed E-state index contributed by atoms with van der Waals surface area (Å²) < 4.78 is 10.8. The monoisotopic (exact) mass is 444 g/mol. The maximum absolute atomic E-state index is 11.1. The summed E-state index contributed by atoms with van der Waals surface area (Å²) in [6.45, 7) is 8.48. The van der Waals surface area contributed by atoms with Crippen LogP contribution in [0.3, 0.4) is 0 Å². The number of nitrogens with zero attached hydrogens (tertiary/aromatic N) is 2. The molecule has 1 heterocycles. The third kappa shape index (κ3) is 8.00. The fourth-order valence-corrected chi connectivity index (χ4v) is 3.53. The minimum absolute atomic E-state index is 0.107.